The molecule has 8 nitrogen and oxygen atoms in total. The first kappa shape index (κ1) is 24.3. The molecule has 0 fully saturated rings. The second-order valence-corrected chi connectivity index (χ2v) is 8.02. The summed E-state index contributed by atoms with van der Waals surface area (Å²) >= 11 is 0. The van der Waals surface area contributed by atoms with Crippen molar-refractivity contribution in [1.82, 2.24) is 10.2 Å². The van der Waals surface area contributed by atoms with Crippen LogP contribution < -0.4 is 5.32 Å². The predicted molar refractivity (Wildman–Crippen MR) is 123 cm³/mol. The van der Waals surface area contributed by atoms with Crippen molar-refractivity contribution in [2.75, 3.05) is 27.4 Å². The zero-order valence-corrected chi connectivity index (χ0v) is 19.1. The molecule has 0 heterocycles. The van der Waals surface area contributed by atoms with Gasteiger partial charge in [-0.1, -0.05) is 55.5 Å². The Morgan fingerprint density at radius 1 is 1.06 bits per heavy atom. The number of methoxy groups -OCH3 is 1. The average Bonchev–Trinajstić information content (AvgIpc) is 3.13. The van der Waals surface area contributed by atoms with Crippen LogP contribution in [0.25, 0.3) is 11.1 Å². The normalized spacial score (nSPS) is 14.0. The molecule has 2 unspecified atom stereocenters. The van der Waals surface area contributed by atoms with Crippen LogP contribution >= 0.6 is 0 Å². The lowest BCUT2D eigenvalue weighted by atomic mass is 9.98. The summed E-state index contributed by atoms with van der Waals surface area (Å²) in [5, 5.41) is 12.0. The number of carboxylic acid groups (broad SMARTS) is 1. The highest BCUT2D eigenvalue weighted by molar-refractivity contribution is 5.89. The molecule has 33 heavy (non-hydrogen) atoms. The Hall–Kier alpha value is -3.39. The van der Waals surface area contributed by atoms with E-state index in [-0.39, 0.29) is 32.0 Å². The van der Waals surface area contributed by atoms with Crippen molar-refractivity contribution in [1.29, 1.82) is 0 Å². The lowest BCUT2D eigenvalue weighted by molar-refractivity contribution is -0.150. The van der Waals surface area contributed by atoms with Gasteiger partial charge in [0, 0.05) is 33.1 Å². The molecular formula is C25H30N2O6. The number of hydrogen-bond donors (Lipinski definition) is 2. The topological polar surface area (TPSA) is 105 Å². The van der Waals surface area contributed by atoms with E-state index in [4.69, 9.17) is 9.47 Å². The van der Waals surface area contributed by atoms with E-state index in [9.17, 15) is 19.5 Å². The third-order valence-corrected chi connectivity index (χ3v) is 6.03. The third-order valence-electron chi connectivity index (χ3n) is 6.03. The summed E-state index contributed by atoms with van der Waals surface area (Å²) in [6.45, 7) is 2.02. The van der Waals surface area contributed by atoms with Gasteiger partial charge >= 0.3 is 12.1 Å². The minimum absolute atomic E-state index is 0.101. The van der Waals surface area contributed by atoms with Crippen LogP contribution in [-0.4, -0.2) is 67.4 Å². The molecule has 8 heteroatoms. The Bertz CT molecular complexity index is 962. The molecule has 1 aliphatic carbocycles. The van der Waals surface area contributed by atoms with E-state index in [1.54, 1.807) is 6.92 Å². The summed E-state index contributed by atoms with van der Waals surface area (Å²) in [6.07, 6.45) is -0.289. The van der Waals surface area contributed by atoms with Gasteiger partial charge in [-0.25, -0.2) is 9.59 Å². The predicted octanol–water partition coefficient (Wildman–Crippen LogP) is 3.25. The Morgan fingerprint density at radius 3 is 2.15 bits per heavy atom. The van der Waals surface area contributed by atoms with Crippen molar-refractivity contribution in [3.63, 3.8) is 0 Å². The second-order valence-electron chi connectivity index (χ2n) is 8.02. The number of alkyl carbamates (subject to hydrolysis) is 1. The molecule has 1 aliphatic rings. The maximum absolute atomic E-state index is 12.9. The fourth-order valence-corrected chi connectivity index (χ4v) is 4.29. The number of carbonyl (C=O) groups excluding carboxylic acids is 2. The second kappa shape index (κ2) is 11.0. The van der Waals surface area contributed by atoms with Gasteiger partial charge in [0.15, 0.2) is 0 Å². The number of fused-ring (bicyclic) bond motifs is 3. The Balaban J connectivity index is 1.69. The van der Waals surface area contributed by atoms with Gasteiger partial charge < -0.3 is 24.8 Å². The number of likely N-dealkylation sites (N-methyl/N-ethyl adjacent to an activating group) is 1. The van der Waals surface area contributed by atoms with Crippen LogP contribution in [0, 0.1) is 0 Å². The molecule has 0 radical (unpaired) electrons. The maximum Gasteiger partial charge on any atom is 0.407 e. The Kier molecular flexibility index (Phi) is 8.06. The van der Waals surface area contributed by atoms with Crippen LogP contribution in [-0.2, 0) is 19.1 Å². The summed E-state index contributed by atoms with van der Waals surface area (Å²) in [4.78, 5) is 38.2. The van der Waals surface area contributed by atoms with Crippen molar-refractivity contribution in [2.24, 2.45) is 0 Å². The number of rotatable bonds is 10. The van der Waals surface area contributed by atoms with Crippen molar-refractivity contribution >= 4 is 18.0 Å². The van der Waals surface area contributed by atoms with Crippen LogP contribution in [0.4, 0.5) is 4.79 Å². The first-order valence-corrected chi connectivity index (χ1v) is 11.0. The standard InChI is InChI=1S/C25H30N2O6/c1-4-22(24(29)30)27(2)23(28)21(13-14-32-3)26-25(31)33-15-20-18-11-7-5-9-16(18)17-10-6-8-12-19(17)20/h5-12,20-22H,4,13-15H2,1-3H3,(H,26,31)(H,29,30). The molecule has 0 aliphatic heterocycles. The van der Waals surface area contributed by atoms with Gasteiger partial charge in [0.2, 0.25) is 5.91 Å². The molecule has 176 valence electrons. The van der Waals surface area contributed by atoms with E-state index in [1.165, 1.54) is 14.2 Å². The van der Waals surface area contributed by atoms with Crippen LogP contribution in [0.5, 0.6) is 0 Å². The number of hydrogen-bond acceptors (Lipinski definition) is 5. The molecule has 2 aromatic rings. The third kappa shape index (κ3) is 5.34. The summed E-state index contributed by atoms with van der Waals surface area (Å²) in [5.41, 5.74) is 4.42. The zero-order valence-electron chi connectivity index (χ0n) is 19.1. The number of aliphatic carboxylic acids is 1. The molecule has 0 saturated heterocycles. The number of ether oxygens (including phenoxy) is 2. The van der Waals surface area contributed by atoms with E-state index in [2.05, 4.69) is 17.4 Å². The van der Waals surface area contributed by atoms with E-state index < -0.39 is 30.1 Å². The summed E-state index contributed by atoms with van der Waals surface area (Å²) < 4.78 is 10.6. The van der Waals surface area contributed by atoms with Crippen LogP contribution in [0.3, 0.4) is 0 Å². The number of carboxylic acids is 1. The van der Waals surface area contributed by atoms with E-state index >= 15 is 0 Å². The smallest absolute Gasteiger partial charge is 0.407 e. The van der Waals surface area contributed by atoms with Gasteiger partial charge in [-0.15, -0.1) is 0 Å². The zero-order chi connectivity index (χ0) is 24.0. The van der Waals surface area contributed by atoms with Gasteiger partial charge in [0.25, 0.3) is 0 Å². The minimum Gasteiger partial charge on any atom is -0.480 e. The van der Waals surface area contributed by atoms with Gasteiger partial charge in [0.05, 0.1) is 0 Å². The van der Waals surface area contributed by atoms with Crippen molar-refractivity contribution in [3.8, 4) is 11.1 Å². The van der Waals surface area contributed by atoms with E-state index in [0.29, 0.717) is 0 Å². The number of carbonyl (C=O) groups is 3. The SMILES string of the molecule is CCC(C(=O)O)N(C)C(=O)C(CCOC)NC(=O)OCC1c2ccccc2-c2ccccc21. The highest BCUT2D eigenvalue weighted by Crippen LogP contribution is 2.44. The molecule has 2 amide bonds. The number of nitrogens with zero attached hydrogens (tertiary/aromatic N) is 1. The van der Waals surface area contributed by atoms with Crippen molar-refractivity contribution in [3.05, 3.63) is 59.7 Å². The number of benzene rings is 2. The van der Waals surface area contributed by atoms with E-state index in [1.807, 2.05) is 36.4 Å². The fraction of sp³-hybridized carbons (Fsp3) is 0.400. The molecule has 3 rings (SSSR count). The fourth-order valence-electron chi connectivity index (χ4n) is 4.29. The van der Waals surface area contributed by atoms with Gasteiger partial charge in [-0.05, 0) is 28.7 Å². The van der Waals surface area contributed by atoms with Crippen LogP contribution in [0.2, 0.25) is 0 Å². The lowest BCUT2D eigenvalue weighted by Gasteiger charge is -2.28. The van der Waals surface area contributed by atoms with Crippen LogP contribution in [0.1, 0.15) is 36.8 Å². The van der Waals surface area contributed by atoms with Gasteiger partial charge in [-0.3, -0.25) is 4.79 Å². The minimum atomic E-state index is -1.10. The molecular weight excluding hydrogens is 424 g/mol. The summed E-state index contributed by atoms with van der Waals surface area (Å²) in [6, 6.07) is 14.1. The number of amides is 2. The molecule has 2 aromatic carbocycles. The maximum atomic E-state index is 12.9. The highest BCUT2D eigenvalue weighted by atomic mass is 16.5. The molecule has 0 saturated carbocycles. The first-order valence-electron chi connectivity index (χ1n) is 11.0. The van der Waals surface area contributed by atoms with Crippen molar-refractivity contribution < 1.29 is 29.0 Å². The average molecular weight is 455 g/mol. The van der Waals surface area contributed by atoms with Gasteiger partial charge in [0.1, 0.15) is 18.7 Å². The molecule has 2 atom stereocenters. The monoisotopic (exact) mass is 454 g/mol. The van der Waals surface area contributed by atoms with Crippen LogP contribution in [0.15, 0.2) is 48.5 Å². The molecule has 2 N–H and O–H groups in total. The molecule has 0 bridgehead atoms. The van der Waals surface area contributed by atoms with Crippen molar-refractivity contribution in [2.45, 2.75) is 37.8 Å². The Morgan fingerprint density at radius 2 is 1.64 bits per heavy atom. The lowest BCUT2D eigenvalue weighted by Crippen LogP contribution is -2.52. The van der Waals surface area contributed by atoms with Gasteiger partial charge in [-0.2, -0.15) is 0 Å². The molecule has 0 spiro atoms. The first-order chi connectivity index (χ1) is 15.9. The Labute approximate surface area is 193 Å². The number of nitrogens with one attached hydrogen (secondary N) is 1. The molecule has 0 aromatic heterocycles. The highest BCUT2D eigenvalue weighted by Gasteiger charge is 2.32. The summed E-state index contributed by atoms with van der Waals surface area (Å²) in [7, 11) is 2.91. The quantitative estimate of drug-likeness (QED) is 0.571. The largest absolute Gasteiger partial charge is 0.480 e. The van der Waals surface area contributed by atoms with E-state index in [0.717, 1.165) is 27.2 Å². The summed E-state index contributed by atoms with van der Waals surface area (Å²) in [5.74, 6) is -1.70.